The molecule has 5 heteroatoms. The first-order valence-corrected chi connectivity index (χ1v) is 11.0. The fourth-order valence-electron chi connectivity index (χ4n) is 4.44. The lowest BCUT2D eigenvalue weighted by atomic mass is 9.75. The van der Waals surface area contributed by atoms with Crippen molar-refractivity contribution >= 4 is 5.91 Å². The summed E-state index contributed by atoms with van der Waals surface area (Å²) in [5.74, 6) is -0.338. The Morgan fingerprint density at radius 1 is 1.03 bits per heavy atom. The predicted octanol–water partition coefficient (Wildman–Crippen LogP) is 5.05. The zero-order valence-corrected chi connectivity index (χ0v) is 18.0. The lowest BCUT2D eigenvalue weighted by Gasteiger charge is -2.35. The highest BCUT2D eigenvalue weighted by atomic mass is 19.1. The van der Waals surface area contributed by atoms with E-state index in [1.807, 2.05) is 24.3 Å². The molecule has 0 bridgehead atoms. The average molecular weight is 415 g/mol. The van der Waals surface area contributed by atoms with Crippen molar-refractivity contribution < 1.29 is 13.6 Å². The number of rotatable bonds is 8. The van der Waals surface area contributed by atoms with Crippen molar-refractivity contribution in [3.05, 3.63) is 71.3 Å². The van der Waals surface area contributed by atoms with E-state index in [2.05, 4.69) is 24.1 Å². The quantitative estimate of drug-likeness (QED) is 0.656. The first kappa shape index (κ1) is 22.4. The van der Waals surface area contributed by atoms with Crippen LogP contribution in [0, 0.1) is 17.6 Å². The Morgan fingerprint density at radius 2 is 1.67 bits per heavy atom. The monoisotopic (exact) mass is 414 g/mol. The minimum absolute atomic E-state index is 0.0125. The molecule has 0 aromatic heterocycles. The van der Waals surface area contributed by atoms with Crippen molar-refractivity contribution in [1.82, 2.24) is 10.2 Å². The van der Waals surface area contributed by atoms with Gasteiger partial charge in [0.1, 0.15) is 11.6 Å². The molecule has 2 aromatic carbocycles. The number of amides is 1. The van der Waals surface area contributed by atoms with E-state index in [4.69, 9.17) is 0 Å². The molecule has 0 aliphatic carbocycles. The maximum absolute atomic E-state index is 13.9. The SMILES string of the molecule is CCC(CC)(CNC(=O)C1CCN(Cc2ccccc2F)CC1)c1ccc(F)cc1. The van der Waals surface area contributed by atoms with Gasteiger partial charge in [-0.15, -0.1) is 0 Å². The number of benzene rings is 2. The molecule has 1 N–H and O–H groups in total. The molecule has 0 unspecified atom stereocenters. The highest BCUT2D eigenvalue weighted by molar-refractivity contribution is 5.78. The van der Waals surface area contributed by atoms with Crippen molar-refractivity contribution in [2.75, 3.05) is 19.6 Å². The van der Waals surface area contributed by atoms with Gasteiger partial charge in [0.25, 0.3) is 0 Å². The minimum Gasteiger partial charge on any atom is -0.355 e. The third-order valence-electron chi connectivity index (χ3n) is 6.72. The number of nitrogens with zero attached hydrogens (tertiary/aromatic N) is 1. The fourth-order valence-corrected chi connectivity index (χ4v) is 4.44. The molecule has 2 aromatic rings. The van der Waals surface area contributed by atoms with E-state index in [0.717, 1.165) is 44.3 Å². The van der Waals surface area contributed by atoms with Crippen LogP contribution < -0.4 is 5.32 Å². The van der Waals surface area contributed by atoms with Gasteiger partial charge in [-0.05, 0) is 62.5 Å². The molecule has 1 heterocycles. The average Bonchev–Trinajstić information content (AvgIpc) is 2.77. The molecule has 30 heavy (non-hydrogen) atoms. The summed E-state index contributed by atoms with van der Waals surface area (Å²) in [4.78, 5) is 15.0. The van der Waals surface area contributed by atoms with Crippen LogP contribution in [0.3, 0.4) is 0 Å². The van der Waals surface area contributed by atoms with Gasteiger partial charge in [-0.1, -0.05) is 44.2 Å². The van der Waals surface area contributed by atoms with Crippen molar-refractivity contribution in [1.29, 1.82) is 0 Å². The molecule has 0 spiro atoms. The lowest BCUT2D eigenvalue weighted by Crippen LogP contribution is -2.45. The largest absolute Gasteiger partial charge is 0.355 e. The summed E-state index contributed by atoms with van der Waals surface area (Å²) in [6, 6.07) is 13.5. The third-order valence-corrected chi connectivity index (χ3v) is 6.72. The maximum atomic E-state index is 13.9. The molecule has 162 valence electrons. The van der Waals surface area contributed by atoms with Crippen LogP contribution in [-0.2, 0) is 16.8 Å². The van der Waals surface area contributed by atoms with Gasteiger partial charge in [0.05, 0.1) is 0 Å². The van der Waals surface area contributed by atoms with Gasteiger partial charge in [-0.25, -0.2) is 8.78 Å². The molecule has 0 saturated carbocycles. The van der Waals surface area contributed by atoms with Crippen LogP contribution in [0.4, 0.5) is 8.78 Å². The number of piperidine rings is 1. The summed E-state index contributed by atoms with van der Waals surface area (Å²) >= 11 is 0. The van der Waals surface area contributed by atoms with Gasteiger partial charge in [0.15, 0.2) is 0 Å². The first-order valence-electron chi connectivity index (χ1n) is 11.0. The van der Waals surface area contributed by atoms with E-state index in [-0.39, 0.29) is 28.9 Å². The van der Waals surface area contributed by atoms with Crippen LogP contribution in [0.2, 0.25) is 0 Å². The number of hydrogen-bond acceptors (Lipinski definition) is 2. The lowest BCUT2D eigenvalue weighted by molar-refractivity contribution is -0.126. The van der Waals surface area contributed by atoms with Crippen LogP contribution >= 0.6 is 0 Å². The molecular weight excluding hydrogens is 382 g/mol. The Labute approximate surface area is 178 Å². The molecule has 1 fully saturated rings. The van der Waals surface area contributed by atoms with Crippen LogP contribution in [0.1, 0.15) is 50.7 Å². The smallest absolute Gasteiger partial charge is 0.223 e. The van der Waals surface area contributed by atoms with Gasteiger partial charge in [0, 0.05) is 30.0 Å². The Kier molecular flexibility index (Phi) is 7.59. The van der Waals surface area contributed by atoms with Crippen LogP contribution in [0.25, 0.3) is 0 Å². The van der Waals surface area contributed by atoms with Crippen LogP contribution in [-0.4, -0.2) is 30.4 Å². The zero-order valence-electron chi connectivity index (χ0n) is 18.0. The van der Waals surface area contributed by atoms with Gasteiger partial charge in [-0.3, -0.25) is 9.69 Å². The molecule has 3 nitrogen and oxygen atoms in total. The highest BCUT2D eigenvalue weighted by Crippen LogP contribution is 2.31. The summed E-state index contributed by atoms with van der Waals surface area (Å²) in [5, 5.41) is 3.17. The Morgan fingerprint density at radius 3 is 2.27 bits per heavy atom. The van der Waals surface area contributed by atoms with Gasteiger partial charge in [0.2, 0.25) is 5.91 Å². The van der Waals surface area contributed by atoms with Crippen molar-refractivity contribution in [3.8, 4) is 0 Å². The number of likely N-dealkylation sites (tertiary alicyclic amines) is 1. The second-order valence-corrected chi connectivity index (χ2v) is 8.35. The Balaban J connectivity index is 1.53. The molecule has 0 radical (unpaired) electrons. The highest BCUT2D eigenvalue weighted by Gasteiger charge is 2.31. The number of nitrogens with one attached hydrogen (secondary N) is 1. The second-order valence-electron chi connectivity index (χ2n) is 8.35. The summed E-state index contributed by atoms with van der Waals surface area (Å²) in [7, 11) is 0. The van der Waals surface area contributed by atoms with E-state index in [0.29, 0.717) is 18.7 Å². The van der Waals surface area contributed by atoms with Gasteiger partial charge >= 0.3 is 0 Å². The molecular formula is C25H32F2N2O. The van der Waals surface area contributed by atoms with Crippen LogP contribution in [0.5, 0.6) is 0 Å². The number of carbonyl (C=O) groups excluding carboxylic acids is 1. The van der Waals surface area contributed by atoms with Crippen molar-refractivity contribution in [2.45, 2.75) is 51.5 Å². The number of carbonyl (C=O) groups is 1. The Bertz CT molecular complexity index is 825. The summed E-state index contributed by atoms with van der Waals surface area (Å²) in [6.45, 7) is 6.94. The van der Waals surface area contributed by atoms with E-state index in [9.17, 15) is 13.6 Å². The molecule has 0 atom stereocenters. The predicted molar refractivity (Wildman–Crippen MR) is 116 cm³/mol. The van der Waals surface area contributed by atoms with E-state index in [1.165, 1.54) is 18.2 Å². The molecule has 3 rings (SSSR count). The molecule has 1 amide bonds. The van der Waals surface area contributed by atoms with Crippen molar-refractivity contribution in [2.24, 2.45) is 5.92 Å². The molecule has 1 saturated heterocycles. The summed E-state index contributed by atoms with van der Waals surface area (Å²) in [6.07, 6.45) is 3.30. The van der Waals surface area contributed by atoms with E-state index in [1.54, 1.807) is 6.07 Å². The fraction of sp³-hybridized carbons (Fsp3) is 0.480. The zero-order chi connectivity index (χ0) is 21.6. The molecule has 1 aliphatic heterocycles. The van der Waals surface area contributed by atoms with E-state index < -0.39 is 0 Å². The van der Waals surface area contributed by atoms with Crippen molar-refractivity contribution in [3.63, 3.8) is 0 Å². The third kappa shape index (κ3) is 5.25. The Hall–Kier alpha value is -2.27. The second kappa shape index (κ2) is 10.2. The van der Waals surface area contributed by atoms with Crippen LogP contribution in [0.15, 0.2) is 48.5 Å². The summed E-state index contributed by atoms with van der Waals surface area (Å²) < 4.78 is 27.2. The number of halogens is 2. The number of hydrogen-bond donors (Lipinski definition) is 1. The minimum atomic E-state index is -0.244. The topological polar surface area (TPSA) is 32.3 Å². The standard InChI is InChI=1S/C25H32F2N2O/c1-3-25(4-2,21-9-11-22(26)12-10-21)18-28-24(30)19-13-15-29(16-14-19)17-20-7-5-6-8-23(20)27/h5-12,19H,3-4,13-18H2,1-2H3,(H,28,30). The first-order chi connectivity index (χ1) is 14.5. The van der Waals surface area contributed by atoms with E-state index >= 15 is 0 Å². The maximum Gasteiger partial charge on any atom is 0.223 e. The normalized spacial score (nSPS) is 15.9. The van der Waals surface area contributed by atoms with Gasteiger partial charge < -0.3 is 5.32 Å². The van der Waals surface area contributed by atoms with Gasteiger partial charge in [-0.2, -0.15) is 0 Å². The summed E-state index contributed by atoms with van der Waals surface area (Å²) in [5.41, 5.74) is 1.58. The molecule has 1 aliphatic rings.